The monoisotopic (exact) mass is 144 g/mol. The quantitative estimate of drug-likeness (QED) is 0.387. The molecule has 0 bridgehead atoms. The van der Waals surface area contributed by atoms with Gasteiger partial charge in [0, 0.05) is 0 Å². The van der Waals surface area contributed by atoms with Gasteiger partial charge in [-0.25, -0.2) is 0 Å². The van der Waals surface area contributed by atoms with E-state index < -0.39 is 0 Å². The van der Waals surface area contributed by atoms with Crippen molar-refractivity contribution in [1.29, 1.82) is 0 Å². The van der Waals surface area contributed by atoms with Crippen LogP contribution in [0.1, 0.15) is 12.5 Å². The maximum atomic E-state index is 3.25. The first-order valence-corrected chi connectivity index (χ1v) is 3.03. The fourth-order valence-corrected chi connectivity index (χ4v) is 0.470. The van der Waals surface area contributed by atoms with E-state index in [9.17, 15) is 0 Å². The molecule has 50 valence electrons. The fraction of sp³-hybridized carbons (Fsp3) is 0.222. The minimum atomic E-state index is 0. The van der Waals surface area contributed by atoms with Gasteiger partial charge in [-0.2, -0.15) is 42.8 Å². The van der Waals surface area contributed by atoms with E-state index in [1.54, 1.807) is 6.92 Å². The third kappa shape index (κ3) is 6.11. The van der Waals surface area contributed by atoms with Gasteiger partial charge in [-0.15, -0.1) is 0 Å². The van der Waals surface area contributed by atoms with E-state index in [2.05, 4.69) is 19.9 Å². The van der Waals surface area contributed by atoms with Gasteiger partial charge < -0.3 is 6.92 Å². The summed E-state index contributed by atoms with van der Waals surface area (Å²) >= 11 is 0. The molecule has 0 unspecified atom stereocenters. The van der Waals surface area contributed by atoms with Crippen LogP contribution < -0.4 is 0 Å². The number of hydrogen-bond acceptors (Lipinski definition) is 0. The third-order valence-electron chi connectivity index (χ3n) is 0.885. The van der Waals surface area contributed by atoms with Crippen LogP contribution in [0.4, 0.5) is 0 Å². The van der Waals surface area contributed by atoms with Crippen LogP contribution in [0.25, 0.3) is 0 Å². The van der Waals surface area contributed by atoms with Crippen molar-refractivity contribution in [3.8, 4) is 0 Å². The van der Waals surface area contributed by atoms with E-state index in [1.165, 1.54) is 5.56 Å². The number of benzene rings is 1. The van der Waals surface area contributed by atoms with Crippen LogP contribution >= 0.6 is 0 Å². The van der Waals surface area contributed by atoms with Gasteiger partial charge in [0.15, 0.2) is 0 Å². The molecule has 0 N–H and O–H groups in total. The zero-order valence-electron chi connectivity index (χ0n) is 6.72. The molecular formula is C9H12Mg. The Balaban J connectivity index is 0. The molecule has 0 amide bonds. The van der Waals surface area contributed by atoms with E-state index in [0.717, 1.165) is 0 Å². The minimum absolute atomic E-state index is 0. The standard InChI is InChI=1S/C7H7.C2H5.Mg/c1-7-5-3-2-4-6-7;1-2;/h3-6H,1H3;1H2,2H3;/q2*-1;+2. The van der Waals surface area contributed by atoms with Gasteiger partial charge in [-0.3, -0.25) is 0 Å². The van der Waals surface area contributed by atoms with Crippen molar-refractivity contribution in [2.24, 2.45) is 0 Å². The second-order valence-electron chi connectivity index (χ2n) is 1.58. The Bertz CT molecular complexity index is 135. The van der Waals surface area contributed by atoms with Gasteiger partial charge in [0.1, 0.15) is 0 Å². The van der Waals surface area contributed by atoms with Crippen LogP contribution in [0.2, 0.25) is 0 Å². The fourth-order valence-electron chi connectivity index (χ4n) is 0.470. The van der Waals surface area contributed by atoms with Crippen molar-refractivity contribution in [1.82, 2.24) is 0 Å². The topological polar surface area (TPSA) is 0 Å². The molecule has 1 aromatic rings. The first-order valence-electron chi connectivity index (χ1n) is 3.03. The molecule has 1 rings (SSSR count). The van der Waals surface area contributed by atoms with Crippen molar-refractivity contribution in [3.63, 3.8) is 0 Å². The normalized spacial score (nSPS) is 6.70. The molecule has 0 aromatic heterocycles. The Morgan fingerprint density at radius 1 is 1.20 bits per heavy atom. The minimum Gasteiger partial charge on any atom is -0.346 e. The molecule has 0 aliphatic carbocycles. The molecule has 0 fully saturated rings. The summed E-state index contributed by atoms with van der Waals surface area (Å²) in [6.45, 7) is 7.06. The van der Waals surface area contributed by atoms with Crippen molar-refractivity contribution in [2.75, 3.05) is 0 Å². The molecular weight excluding hydrogens is 132 g/mol. The Hall–Kier alpha value is -0.0138. The predicted molar refractivity (Wildman–Crippen MR) is 46.8 cm³/mol. The van der Waals surface area contributed by atoms with Crippen LogP contribution in [-0.4, -0.2) is 23.1 Å². The molecule has 0 radical (unpaired) electrons. The largest absolute Gasteiger partial charge is 2.00 e. The van der Waals surface area contributed by atoms with E-state index in [0.29, 0.717) is 0 Å². The molecule has 0 aliphatic rings. The number of hydrogen-bond donors (Lipinski definition) is 0. The average molecular weight is 144 g/mol. The summed E-state index contributed by atoms with van der Waals surface area (Å²) in [7, 11) is 0. The number of rotatable bonds is 0. The molecule has 0 aliphatic heterocycles. The second kappa shape index (κ2) is 8.99. The van der Waals surface area contributed by atoms with Crippen LogP contribution in [0, 0.1) is 19.9 Å². The summed E-state index contributed by atoms with van der Waals surface area (Å²) < 4.78 is 0. The summed E-state index contributed by atoms with van der Waals surface area (Å²) in [6, 6.07) is 10.8. The van der Waals surface area contributed by atoms with E-state index in [1.807, 2.05) is 24.3 Å². The Morgan fingerprint density at radius 3 is 1.80 bits per heavy atom. The number of aryl methyl sites for hydroxylation is 1. The Kier molecular flexibility index (Phi) is 11.4. The van der Waals surface area contributed by atoms with Gasteiger partial charge in [0.2, 0.25) is 0 Å². The van der Waals surface area contributed by atoms with Crippen molar-refractivity contribution in [2.45, 2.75) is 13.8 Å². The first-order chi connectivity index (χ1) is 4.39. The van der Waals surface area contributed by atoms with Gasteiger partial charge >= 0.3 is 23.1 Å². The summed E-state index contributed by atoms with van der Waals surface area (Å²) in [5.41, 5.74) is 1.29. The average Bonchev–Trinajstić information content (AvgIpc) is 1.94. The van der Waals surface area contributed by atoms with Crippen LogP contribution in [0.15, 0.2) is 24.3 Å². The van der Waals surface area contributed by atoms with Crippen LogP contribution in [0.3, 0.4) is 0 Å². The predicted octanol–water partition coefficient (Wildman–Crippen LogP) is 2.25. The van der Waals surface area contributed by atoms with Crippen molar-refractivity contribution >= 4 is 23.1 Å². The molecule has 1 heteroatoms. The Labute approximate surface area is 79.8 Å². The smallest absolute Gasteiger partial charge is 0.346 e. The van der Waals surface area contributed by atoms with Gasteiger partial charge in [-0.05, 0) is 0 Å². The Morgan fingerprint density at radius 2 is 1.60 bits per heavy atom. The summed E-state index contributed by atoms with van der Waals surface area (Å²) in [5, 5.41) is 0. The SMILES string of the molecule is Cc1cc[c-]cc1.[CH2-]C.[Mg+2]. The maximum Gasteiger partial charge on any atom is 2.00 e. The molecule has 1 aromatic carbocycles. The van der Waals surface area contributed by atoms with Gasteiger partial charge in [0.05, 0.1) is 0 Å². The molecule has 0 spiro atoms. The van der Waals surface area contributed by atoms with E-state index in [4.69, 9.17) is 0 Å². The molecule has 0 heterocycles. The van der Waals surface area contributed by atoms with Crippen LogP contribution in [0.5, 0.6) is 0 Å². The molecule has 0 atom stereocenters. The summed E-state index contributed by atoms with van der Waals surface area (Å²) in [6.07, 6.45) is 0. The van der Waals surface area contributed by atoms with Gasteiger partial charge in [-0.1, -0.05) is 6.92 Å². The second-order valence-corrected chi connectivity index (χ2v) is 1.58. The molecule has 0 saturated heterocycles. The van der Waals surface area contributed by atoms with Gasteiger partial charge in [0.25, 0.3) is 0 Å². The zero-order valence-corrected chi connectivity index (χ0v) is 8.14. The first kappa shape index (κ1) is 12.6. The zero-order chi connectivity index (χ0) is 7.11. The maximum absolute atomic E-state index is 3.25. The van der Waals surface area contributed by atoms with Crippen molar-refractivity contribution < 1.29 is 0 Å². The van der Waals surface area contributed by atoms with Crippen LogP contribution in [-0.2, 0) is 0 Å². The van der Waals surface area contributed by atoms with E-state index >= 15 is 0 Å². The third-order valence-corrected chi connectivity index (χ3v) is 0.885. The molecule has 10 heavy (non-hydrogen) atoms. The summed E-state index contributed by atoms with van der Waals surface area (Å²) in [5.74, 6) is 0. The summed E-state index contributed by atoms with van der Waals surface area (Å²) in [4.78, 5) is 0. The van der Waals surface area contributed by atoms with E-state index in [-0.39, 0.29) is 23.1 Å². The molecule has 0 saturated carbocycles. The van der Waals surface area contributed by atoms with Crippen molar-refractivity contribution in [3.05, 3.63) is 42.8 Å². The molecule has 0 nitrogen and oxygen atoms in total.